The molecule has 1 aliphatic heterocycles. The molecule has 106 valence electrons. The summed E-state index contributed by atoms with van der Waals surface area (Å²) in [7, 11) is 0. The van der Waals surface area contributed by atoms with Crippen LogP contribution in [0.3, 0.4) is 0 Å². The third-order valence-electron chi connectivity index (χ3n) is 3.49. The number of benzene rings is 1. The first kappa shape index (κ1) is 14.9. The van der Waals surface area contributed by atoms with E-state index < -0.39 is 0 Å². The second-order valence-electron chi connectivity index (χ2n) is 5.58. The molecule has 1 saturated heterocycles. The fraction of sp³-hybridized carbons (Fsp3) is 0.625. The van der Waals surface area contributed by atoms with E-state index in [1.54, 1.807) is 0 Å². The average molecular weight is 278 g/mol. The van der Waals surface area contributed by atoms with Crippen molar-refractivity contribution >= 4 is 11.8 Å². The molecule has 0 aromatic heterocycles. The molecular formula is C16H26N2S. The molecule has 0 saturated carbocycles. The van der Waals surface area contributed by atoms with Crippen LogP contribution in [0.5, 0.6) is 0 Å². The molecule has 19 heavy (non-hydrogen) atoms. The van der Waals surface area contributed by atoms with Crippen LogP contribution in [0.1, 0.15) is 32.3 Å². The van der Waals surface area contributed by atoms with Gasteiger partial charge in [-0.1, -0.05) is 26.0 Å². The van der Waals surface area contributed by atoms with Gasteiger partial charge in [-0.2, -0.15) is 0 Å². The highest BCUT2D eigenvalue weighted by molar-refractivity contribution is 7.99. The van der Waals surface area contributed by atoms with Gasteiger partial charge in [0.2, 0.25) is 0 Å². The van der Waals surface area contributed by atoms with Crippen molar-refractivity contribution in [2.75, 3.05) is 25.4 Å². The van der Waals surface area contributed by atoms with Crippen molar-refractivity contribution in [3.63, 3.8) is 0 Å². The predicted octanol–water partition coefficient (Wildman–Crippen LogP) is 3.37. The van der Waals surface area contributed by atoms with E-state index in [-0.39, 0.29) is 0 Å². The van der Waals surface area contributed by atoms with Crippen molar-refractivity contribution in [1.82, 2.24) is 10.2 Å². The standard InChI is InChI=1S/C16H26N2S/c1-14(2)17-13-15-6-5-7-16(12-15)19-11-10-18-8-3-4-9-18/h5-7,12,14,17H,3-4,8-11,13H2,1-2H3. The van der Waals surface area contributed by atoms with Gasteiger partial charge in [-0.05, 0) is 43.6 Å². The zero-order valence-electron chi connectivity index (χ0n) is 12.2. The zero-order valence-corrected chi connectivity index (χ0v) is 13.0. The van der Waals surface area contributed by atoms with Crippen molar-refractivity contribution < 1.29 is 0 Å². The van der Waals surface area contributed by atoms with E-state index in [1.165, 1.54) is 48.7 Å². The maximum absolute atomic E-state index is 3.47. The minimum Gasteiger partial charge on any atom is -0.310 e. The van der Waals surface area contributed by atoms with Crippen LogP contribution in [0.4, 0.5) is 0 Å². The quantitative estimate of drug-likeness (QED) is 0.770. The van der Waals surface area contributed by atoms with Crippen LogP contribution in [0.25, 0.3) is 0 Å². The molecule has 1 heterocycles. The first-order chi connectivity index (χ1) is 9.24. The third-order valence-corrected chi connectivity index (χ3v) is 4.46. The summed E-state index contributed by atoms with van der Waals surface area (Å²) in [5, 5.41) is 3.47. The van der Waals surface area contributed by atoms with Gasteiger partial charge in [0.25, 0.3) is 0 Å². The number of nitrogens with zero attached hydrogens (tertiary/aromatic N) is 1. The largest absolute Gasteiger partial charge is 0.310 e. The predicted molar refractivity (Wildman–Crippen MR) is 84.8 cm³/mol. The summed E-state index contributed by atoms with van der Waals surface area (Å²) in [4.78, 5) is 3.99. The number of likely N-dealkylation sites (tertiary alicyclic amines) is 1. The molecule has 0 amide bonds. The lowest BCUT2D eigenvalue weighted by atomic mass is 10.2. The minimum atomic E-state index is 0.548. The van der Waals surface area contributed by atoms with Gasteiger partial charge >= 0.3 is 0 Å². The molecule has 3 heteroatoms. The van der Waals surface area contributed by atoms with E-state index in [2.05, 4.69) is 48.3 Å². The number of thioether (sulfide) groups is 1. The average Bonchev–Trinajstić information content (AvgIpc) is 2.90. The molecule has 1 aliphatic rings. The SMILES string of the molecule is CC(C)NCc1cccc(SCCN2CCCC2)c1. The van der Waals surface area contributed by atoms with Crippen molar-refractivity contribution in [3.8, 4) is 0 Å². The smallest absolute Gasteiger partial charge is 0.0208 e. The molecule has 1 fully saturated rings. The molecule has 0 atom stereocenters. The van der Waals surface area contributed by atoms with Crippen LogP contribution >= 0.6 is 11.8 Å². The Kier molecular flexibility index (Phi) is 6.21. The highest BCUT2D eigenvalue weighted by Crippen LogP contribution is 2.20. The third kappa shape index (κ3) is 5.55. The monoisotopic (exact) mass is 278 g/mol. The molecule has 2 nitrogen and oxygen atoms in total. The maximum atomic E-state index is 3.47. The van der Waals surface area contributed by atoms with E-state index >= 15 is 0 Å². The van der Waals surface area contributed by atoms with Crippen LogP contribution in [0.15, 0.2) is 29.2 Å². The topological polar surface area (TPSA) is 15.3 Å². The fourth-order valence-corrected chi connectivity index (χ4v) is 3.36. The highest BCUT2D eigenvalue weighted by Gasteiger charge is 2.10. The Morgan fingerprint density at radius 3 is 2.79 bits per heavy atom. The zero-order chi connectivity index (χ0) is 13.5. The summed E-state index contributed by atoms with van der Waals surface area (Å²) in [5.41, 5.74) is 1.39. The Bertz CT molecular complexity index is 373. The molecule has 0 spiro atoms. The van der Waals surface area contributed by atoms with Gasteiger partial charge < -0.3 is 10.2 Å². The molecule has 0 unspecified atom stereocenters. The Morgan fingerprint density at radius 2 is 2.05 bits per heavy atom. The Hall–Kier alpha value is -0.510. The summed E-state index contributed by atoms with van der Waals surface area (Å²) in [6.07, 6.45) is 2.78. The Labute approximate surface area is 122 Å². The molecular weight excluding hydrogens is 252 g/mol. The highest BCUT2D eigenvalue weighted by atomic mass is 32.2. The lowest BCUT2D eigenvalue weighted by Gasteiger charge is -2.14. The summed E-state index contributed by atoms with van der Waals surface area (Å²) in [6, 6.07) is 9.49. The van der Waals surface area contributed by atoms with Gasteiger partial charge in [0.15, 0.2) is 0 Å². The molecule has 0 radical (unpaired) electrons. The van der Waals surface area contributed by atoms with E-state index in [9.17, 15) is 0 Å². The number of nitrogens with one attached hydrogen (secondary N) is 1. The first-order valence-corrected chi connectivity index (χ1v) is 8.40. The van der Waals surface area contributed by atoms with Crippen LogP contribution < -0.4 is 5.32 Å². The molecule has 0 aliphatic carbocycles. The second kappa shape index (κ2) is 7.93. The van der Waals surface area contributed by atoms with Crippen molar-refractivity contribution in [3.05, 3.63) is 29.8 Å². The van der Waals surface area contributed by atoms with Crippen LogP contribution in [-0.4, -0.2) is 36.3 Å². The number of hydrogen-bond acceptors (Lipinski definition) is 3. The van der Waals surface area contributed by atoms with Gasteiger partial charge in [-0.25, -0.2) is 0 Å². The second-order valence-corrected chi connectivity index (χ2v) is 6.75. The van der Waals surface area contributed by atoms with Crippen LogP contribution in [0.2, 0.25) is 0 Å². The van der Waals surface area contributed by atoms with Crippen molar-refractivity contribution in [2.45, 2.75) is 44.2 Å². The molecule has 2 rings (SSSR count). The van der Waals surface area contributed by atoms with Crippen molar-refractivity contribution in [1.29, 1.82) is 0 Å². The summed E-state index contributed by atoms with van der Waals surface area (Å²) in [6.45, 7) is 9.19. The minimum absolute atomic E-state index is 0.548. The van der Waals surface area contributed by atoms with E-state index in [4.69, 9.17) is 0 Å². The first-order valence-electron chi connectivity index (χ1n) is 7.41. The van der Waals surface area contributed by atoms with Crippen molar-refractivity contribution in [2.24, 2.45) is 0 Å². The van der Waals surface area contributed by atoms with Gasteiger partial charge in [-0.3, -0.25) is 0 Å². The van der Waals surface area contributed by atoms with Crippen LogP contribution in [0, 0.1) is 0 Å². The maximum Gasteiger partial charge on any atom is 0.0208 e. The summed E-state index contributed by atoms with van der Waals surface area (Å²) in [5.74, 6) is 1.21. The van der Waals surface area contributed by atoms with Gasteiger partial charge in [0.1, 0.15) is 0 Å². The fourth-order valence-electron chi connectivity index (χ4n) is 2.37. The normalized spacial score (nSPS) is 16.4. The summed E-state index contributed by atoms with van der Waals surface area (Å²) >= 11 is 1.99. The number of rotatable bonds is 7. The summed E-state index contributed by atoms with van der Waals surface area (Å²) < 4.78 is 0. The van der Waals surface area contributed by atoms with Gasteiger partial charge in [0.05, 0.1) is 0 Å². The number of hydrogen-bond donors (Lipinski definition) is 1. The van der Waals surface area contributed by atoms with Gasteiger partial charge in [0, 0.05) is 29.8 Å². The van der Waals surface area contributed by atoms with E-state index in [1.807, 2.05) is 11.8 Å². The van der Waals surface area contributed by atoms with E-state index in [0.717, 1.165) is 6.54 Å². The Morgan fingerprint density at radius 1 is 1.26 bits per heavy atom. The van der Waals surface area contributed by atoms with E-state index in [0.29, 0.717) is 6.04 Å². The lowest BCUT2D eigenvalue weighted by Crippen LogP contribution is -2.22. The molecule has 1 aromatic rings. The molecule has 0 bridgehead atoms. The lowest BCUT2D eigenvalue weighted by molar-refractivity contribution is 0.362. The Balaban J connectivity index is 1.74. The van der Waals surface area contributed by atoms with Crippen LogP contribution in [-0.2, 0) is 6.54 Å². The molecule has 1 N–H and O–H groups in total. The van der Waals surface area contributed by atoms with Gasteiger partial charge in [-0.15, -0.1) is 11.8 Å². The molecule has 1 aromatic carbocycles.